The number of pyridine rings is 1. The predicted molar refractivity (Wildman–Crippen MR) is 121 cm³/mol. The Bertz CT molecular complexity index is 1430. The summed E-state index contributed by atoms with van der Waals surface area (Å²) in [6, 6.07) is 17.1. The molecule has 0 unspecified atom stereocenters. The normalized spacial score (nSPS) is 11.4. The van der Waals surface area contributed by atoms with Crippen molar-refractivity contribution in [3.05, 3.63) is 83.7 Å². The van der Waals surface area contributed by atoms with Crippen LogP contribution in [0.1, 0.15) is 28.4 Å². The Kier molecular flexibility index (Phi) is 4.28. The van der Waals surface area contributed by atoms with Crippen molar-refractivity contribution in [2.24, 2.45) is 0 Å². The van der Waals surface area contributed by atoms with Crippen LogP contribution >= 0.6 is 0 Å². The van der Waals surface area contributed by atoms with E-state index in [9.17, 15) is 4.79 Å². The molecule has 148 valence electrons. The van der Waals surface area contributed by atoms with E-state index >= 15 is 0 Å². The lowest BCUT2D eigenvalue weighted by Gasteiger charge is -2.11. The molecule has 0 spiro atoms. The Morgan fingerprint density at radius 1 is 0.967 bits per heavy atom. The third-order valence-electron chi connectivity index (χ3n) is 5.93. The molecular weight excluding hydrogens is 372 g/mol. The van der Waals surface area contributed by atoms with Crippen LogP contribution in [0.4, 0.5) is 0 Å². The van der Waals surface area contributed by atoms with Crippen molar-refractivity contribution in [1.82, 2.24) is 9.55 Å². The molecule has 0 aliphatic carbocycles. The maximum absolute atomic E-state index is 12.5. The lowest BCUT2D eigenvalue weighted by atomic mass is 9.97. The molecule has 0 fully saturated rings. The topological polar surface area (TPSA) is 44.1 Å². The molecule has 2 heterocycles. The third kappa shape index (κ3) is 2.68. The molecule has 0 aliphatic rings. The maximum atomic E-state index is 12.5. The number of hydrogen-bond acceptors (Lipinski definition) is 3. The highest BCUT2D eigenvalue weighted by Gasteiger charge is 2.18. The minimum absolute atomic E-state index is 0.350. The van der Waals surface area contributed by atoms with Crippen molar-refractivity contribution in [3.63, 3.8) is 0 Å². The summed E-state index contributed by atoms with van der Waals surface area (Å²) in [6.07, 6.45) is 3.78. The molecule has 4 nitrogen and oxygen atoms in total. The lowest BCUT2D eigenvalue weighted by molar-refractivity contribution is 0.0735. The van der Waals surface area contributed by atoms with Gasteiger partial charge in [-0.05, 0) is 73.7 Å². The van der Waals surface area contributed by atoms with E-state index in [-0.39, 0.29) is 5.97 Å². The summed E-state index contributed by atoms with van der Waals surface area (Å²) >= 11 is 0. The van der Waals surface area contributed by atoms with Gasteiger partial charge in [0.1, 0.15) is 5.75 Å². The highest BCUT2D eigenvalue weighted by molar-refractivity contribution is 6.17. The molecule has 30 heavy (non-hydrogen) atoms. The molecule has 2 aromatic heterocycles. The Morgan fingerprint density at radius 2 is 1.77 bits per heavy atom. The van der Waals surface area contributed by atoms with Crippen molar-refractivity contribution >= 4 is 38.5 Å². The number of aromatic nitrogens is 2. The highest BCUT2D eigenvalue weighted by Crippen LogP contribution is 2.39. The van der Waals surface area contributed by atoms with Gasteiger partial charge in [-0.2, -0.15) is 0 Å². The first-order valence-corrected chi connectivity index (χ1v) is 10.2. The zero-order valence-corrected chi connectivity index (χ0v) is 17.3. The molecule has 5 aromatic rings. The Hall–Kier alpha value is -3.66. The summed E-state index contributed by atoms with van der Waals surface area (Å²) in [5.41, 5.74) is 5.35. The highest BCUT2D eigenvalue weighted by atomic mass is 16.5. The number of benzene rings is 3. The molecular formula is C26H22N2O2. The van der Waals surface area contributed by atoms with Gasteiger partial charge in [-0.3, -0.25) is 4.98 Å². The summed E-state index contributed by atoms with van der Waals surface area (Å²) in [4.78, 5) is 16.9. The predicted octanol–water partition coefficient (Wildman–Crippen LogP) is 6.20. The van der Waals surface area contributed by atoms with E-state index in [2.05, 4.69) is 36.4 Å². The molecule has 0 N–H and O–H groups in total. The standard InChI is InChI=1S/C26H22N2O2/c1-4-28-23-11-10-19(30-26(29)18-8-6-5-7-9-18)14-21(23)24-16(2)22-15-27-13-12-20(22)17(3)25(24)28/h5-15H,4H2,1-3H3. The zero-order chi connectivity index (χ0) is 20.8. The van der Waals surface area contributed by atoms with Crippen LogP contribution in [0.3, 0.4) is 0 Å². The van der Waals surface area contributed by atoms with Gasteiger partial charge in [0, 0.05) is 40.6 Å². The number of ether oxygens (including phenoxy) is 1. The van der Waals surface area contributed by atoms with Crippen LogP contribution in [-0.2, 0) is 6.54 Å². The second-order valence-corrected chi connectivity index (χ2v) is 7.57. The second kappa shape index (κ2) is 6.99. The van der Waals surface area contributed by atoms with Gasteiger partial charge in [-0.15, -0.1) is 0 Å². The first kappa shape index (κ1) is 18.4. The molecule has 0 aliphatic heterocycles. The van der Waals surface area contributed by atoms with Crippen molar-refractivity contribution < 1.29 is 9.53 Å². The first-order valence-electron chi connectivity index (χ1n) is 10.2. The number of aryl methyl sites for hydroxylation is 3. The van der Waals surface area contributed by atoms with E-state index in [4.69, 9.17) is 4.74 Å². The fraction of sp³-hybridized carbons (Fsp3) is 0.154. The van der Waals surface area contributed by atoms with Crippen LogP contribution in [0.25, 0.3) is 32.6 Å². The van der Waals surface area contributed by atoms with Crippen molar-refractivity contribution in [2.45, 2.75) is 27.3 Å². The van der Waals surface area contributed by atoms with Crippen LogP contribution in [0.2, 0.25) is 0 Å². The Morgan fingerprint density at radius 3 is 2.53 bits per heavy atom. The molecule has 0 atom stereocenters. The van der Waals surface area contributed by atoms with Gasteiger partial charge in [0.15, 0.2) is 0 Å². The van der Waals surface area contributed by atoms with Gasteiger partial charge in [0.05, 0.1) is 11.1 Å². The third-order valence-corrected chi connectivity index (χ3v) is 5.93. The van der Waals surface area contributed by atoms with Gasteiger partial charge in [-0.1, -0.05) is 18.2 Å². The van der Waals surface area contributed by atoms with Gasteiger partial charge in [0.25, 0.3) is 0 Å². The van der Waals surface area contributed by atoms with E-state index in [1.807, 2.05) is 48.8 Å². The van der Waals surface area contributed by atoms with E-state index < -0.39 is 0 Å². The fourth-order valence-corrected chi connectivity index (χ4v) is 4.52. The number of fused-ring (bicyclic) bond motifs is 4. The van der Waals surface area contributed by atoms with Gasteiger partial charge in [-0.25, -0.2) is 4.79 Å². The SMILES string of the molecule is CCn1c2ccc(OC(=O)c3ccccc3)cc2c2c(C)c3cnccc3c(C)c21. The smallest absolute Gasteiger partial charge is 0.343 e. The lowest BCUT2D eigenvalue weighted by Crippen LogP contribution is -2.08. The van der Waals surface area contributed by atoms with Crippen molar-refractivity contribution in [1.29, 1.82) is 0 Å². The second-order valence-electron chi connectivity index (χ2n) is 7.57. The molecule has 3 aromatic carbocycles. The summed E-state index contributed by atoms with van der Waals surface area (Å²) in [7, 11) is 0. The van der Waals surface area contributed by atoms with E-state index in [1.165, 1.54) is 27.4 Å². The molecule has 0 amide bonds. The van der Waals surface area contributed by atoms with Gasteiger partial charge >= 0.3 is 5.97 Å². The van der Waals surface area contributed by atoms with Crippen LogP contribution in [0.5, 0.6) is 5.75 Å². The monoisotopic (exact) mass is 394 g/mol. The Labute approximate surface area is 174 Å². The van der Waals surface area contributed by atoms with Gasteiger partial charge in [0.2, 0.25) is 0 Å². The number of carbonyl (C=O) groups is 1. The number of nitrogens with zero attached hydrogens (tertiary/aromatic N) is 2. The molecule has 5 rings (SSSR count). The van der Waals surface area contributed by atoms with Gasteiger partial charge < -0.3 is 9.30 Å². The number of carbonyl (C=O) groups excluding carboxylic acids is 1. The summed E-state index contributed by atoms with van der Waals surface area (Å²) in [5, 5.41) is 4.67. The number of hydrogen-bond donors (Lipinski definition) is 0. The summed E-state index contributed by atoms with van der Waals surface area (Å²) in [5.74, 6) is 0.201. The van der Waals surface area contributed by atoms with Crippen molar-refractivity contribution in [2.75, 3.05) is 0 Å². The largest absolute Gasteiger partial charge is 0.423 e. The minimum atomic E-state index is -0.350. The fourth-order valence-electron chi connectivity index (χ4n) is 4.52. The molecule has 0 saturated heterocycles. The molecule has 0 bridgehead atoms. The van der Waals surface area contributed by atoms with Crippen LogP contribution in [-0.4, -0.2) is 15.5 Å². The van der Waals surface area contributed by atoms with Crippen LogP contribution in [0.15, 0.2) is 67.0 Å². The first-order chi connectivity index (χ1) is 14.6. The number of rotatable bonds is 3. The van der Waals surface area contributed by atoms with E-state index in [1.54, 1.807) is 12.1 Å². The van der Waals surface area contributed by atoms with E-state index in [0.717, 1.165) is 22.8 Å². The summed E-state index contributed by atoms with van der Waals surface area (Å²) in [6.45, 7) is 7.34. The van der Waals surface area contributed by atoms with Crippen LogP contribution in [0, 0.1) is 13.8 Å². The van der Waals surface area contributed by atoms with Crippen molar-refractivity contribution in [3.8, 4) is 5.75 Å². The molecule has 0 saturated carbocycles. The molecule has 4 heteroatoms. The van der Waals surface area contributed by atoms with E-state index in [0.29, 0.717) is 11.3 Å². The Balaban J connectivity index is 1.75. The quantitative estimate of drug-likeness (QED) is 0.270. The minimum Gasteiger partial charge on any atom is -0.423 e. The average molecular weight is 394 g/mol. The molecule has 0 radical (unpaired) electrons. The summed E-state index contributed by atoms with van der Waals surface area (Å²) < 4.78 is 8.04. The zero-order valence-electron chi connectivity index (χ0n) is 17.3. The number of esters is 1. The average Bonchev–Trinajstić information content (AvgIpc) is 3.12. The van der Waals surface area contributed by atoms with Crippen LogP contribution < -0.4 is 4.74 Å². The maximum Gasteiger partial charge on any atom is 0.343 e.